The maximum Gasteiger partial charge on any atom is 0.255 e. The van der Waals surface area contributed by atoms with Crippen LogP contribution in [0.3, 0.4) is 0 Å². The van der Waals surface area contributed by atoms with Crippen molar-refractivity contribution in [1.82, 2.24) is 10.4 Å². The normalized spacial score (nSPS) is 16.9. The highest BCUT2D eigenvalue weighted by Crippen LogP contribution is 2.18. The van der Waals surface area contributed by atoms with Gasteiger partial charge in [-0.3, -0.25) is 15.0 Å². The van der Waals surface area contributed by atoms with Crippen molar-refractivity contribution in [2.24, 2.45) is 10.9 Å². The third-order valence-corrected chi connectivity index (χ3v) is 3.24. The molecule has 0 spiro atoms. The van der Waals surface area contributed by atoms with Crippen LogP contribution in [0.15, 0.2) is 34.9 Å². The van der Waals surface area contributed by atoms with Gasteiger partial charge in [0.05, 0.1) is 12.1 Å². The van der Waals surface area contributed by atoms with Crippen LogP contribution in [0.2, 0.25) is 0 Å². The van der Waals surface area contributed by atoms with Crippen molar-refractivity contribution in [2.45, 2.75) is 20.3 Å². The number of nitrogens with zero attached hydrogens (tertiary/aromatic N) is 2. The highest BCUT2D eigenvalue weighted by atomic mass is 16.2. The van der Waals surface area contributed by atoms with E-state index in [9.17, 15) is 9.59 Å². The molecule has 0 fully saturated rings. The summed E-state index contributed by atoms with van der Waals surface area (Å²) < 4.78 is 0. The minimum Gasteiger partial charge on any atom is -0.293 e. The first-order chi connectivity index (χ1) is 9.99. The fourth-order valence-corrected chi connectivity index (χ4v) is 2.01. The van der Waals surface area contributed by atoms with E-state index in [4.69, 9.17) is 5.84 Å². The van der Waals surface area contributed by atoms with Gasteiger partial charge in [-0.05, 0) is 31.1 Å². The van der Waals surface area contributed by atoms with Gasteiger partial charge < -0.3 is 0 Å². The number of hydrogen-bond donors (Lipinski definition) is 2. The molecule has 6 heteroatoms. The number of carbonyl (C=O) groups excluding carboxylic acids is 2. The van der Waals surface area contributed by atoms with Crippen molar-refractivity contribution >= 4 is 23.6 Å². The third-order valence-electron chi connectivity index (χ3n) is 3.24. The van der Waals surface area contributed by atoms with Gasteiger partial charge >= 0.3 is 0 Å². The lowest BCUT2D eigenvalue weighted by Gasteiger charge is -2.23. The summed E-state index contributed by atoms with van der Waals surface area (Å²) in [5.74, 6) is 4.34. The van der Waals surface area contributed by atoms with E-state index in [1.165, 1.54) is 5.56 Å². The van der Waals surface area contributed by atoms with Crippen molar-refractivity contribution in [3.05, 3.63) is 41.0 Å². The number of hydrazine groups is 1. The van der Waals surface area contributed by atoms with Crippen LogP contribution in [0.4, 0.5) is 0 Å². The van der Waals surface area contributed by atoms with Crippen LogP contribution in [0.1, 0.15) is 24.5 Å². The Labute approximate surface area is 123 Å². The van der Waals surface area contributed by atoms with E-state index in [-0.39, 0.29) is 18.9 Å². The summed E-state index contributed by atoms with van der Waals surface area (Å²) in [6.45, 7) is 3.68. The molecule has 21 heavy (non-hydrogen) atoms. The molecule has 2 rings (SSSR count). The Morgan fingerprint density at radius 2 is 2.05 bits per heavy atom. The first-order valence-corrected chi connectivity index (χ1v) is 6.62. The first kappa shape index (κ1) is 14.9. The van der Waals surface area contributed by atoms with Crippen LogP contribution < -0.4 is 11.3 Å². The Kier molecular flexibility index (Phi) is 4.49. The molecule has 1 aliphatic heterocycles. The zero-order valence-corrected chi connectivity index (χ0v) is 12.1. The first-order valence-electron chi connectivity index (χ1n) is 6.62. The van der Waals surface area contributed by atoms with E-state index in [0.29, 0.717) is 0 Å². The number of amides is 2. The summed E-state index contributed by atoms with van der Waals surface area (Å²) in [4.78, 5) is 23.2. The van der Waals surface area contributed by atoms with Gasteiger partial charge in [0, 0.05) is 0 Å². The summed E-state index contributed by atoms with van der Waals surface area (Å²) in [5, 5.41) is 5.30. The Morgan fingerprint density at radius 1 is 1.38 bits per heavy atom. The van der Waals surface area contributed by atoms with Gasteiger partial charge in [-0.2, -0.15) is 5.10 Å². The molecule has 0 unspecified atom stereocenters. The summed E-state index contributed by atoms with van der Waals surface area (Å²) in [5.41, 5.74) is 5.77. The molecule has 0 saturated carbocycles. The minimum atomic E-state index is -0.453. The monoisotopic (exact) mass is 286 g/mol. The van der Waals surface area contributed by atoms with Crippen LogP contribution in [-0.2, 0) is 9.59 Å². The van der Waals surface area contributed by atoms with Gasteiger partial charge in [0.2, 0.25) is 5.91 Å². The van der Waals surface area contributed by atoms with Crippen molar-refractivity contribution in [3.8, 4) is 0 Å². The van der Waals surface area contributed by atoms with Crippen LogP contribution in [0, 0.1) is 6.92 Å². The number of hydrazone groups is 1. The Balaban J connectivity index is 2.20. The highest BCUT2D eigenvalue weighted by Gasteiger charge is 2.23. The van der Waals surface area contributed by atoms with Gasteiger partial charge in [-0.15, -0.1) is 0 Å². The molecule has 0 aromatic heterocycles. The average Bonchev–Trinajstić information content (AvgIpc) is 2.46. The second-order valence-corrected chi connectivity index (χ2v) is 4.96. The van der Waals surface area contributed by atoms with Gasteiger partial charge in [0.25, 0.3) is 5.91 Å². The fraction of sp³-hybridized carbons (Fsp3) is 0.267. The molecule has 0 aliphatic carbocycles. The van der Waals surface area contributed by atoms with E-state index in [1.54, 1.807) is 0 Å². The molecule has 3 N–H and O–H groups in total. The van der Waals surface area contributed by atoms with Crippen molar-refractivity contribution < 1.29 is 9.59 Å². The lowest BCUT2D eigenvalue weighted by atomic mass is 10.0. The molecule has 110 valence electrons. The van der Waals surface area contributed by atoms with E-state index in [2.05, 4.69) is 5.10 Å². The summed E-state index contributed by atoms with van der Waals surface area (Å²) in [6, 6.07) is 8.02. The average molecular weight is 286 g/mol. The summed E-state index contributed by atoms with van der Waals surface area (Å²) in [7, 11) is 0. The zero-order chi connectivity index (χ0) is 15.4. The fourth-order valence-electron chi connectivity index (χ4n) is 2.01. The summed E-state index contributed by atoms with van der Waals surface area (Å²) in [6.07, 6.45) is 2.16. The number of aryl methyl sites for hydroxylation is 1. The number of carbonyl (C=O) groups is 2. The van der Waals surface area contributed by atoms with E-state index >= 15 is 0 Å². The van der Waals surface area contributed by atoms with Crippen LogP contribution in [0.25, 0.3) is 6.08 Å². The molecule has 6 nitrogen and oxygen atoms in total. The summed E-state index contributed by atoms with van der Waals surface area (Å²) >= 11 is 0. The largest absolute Gasteiger partial charge is 0.293 e. The van der Waals surface area contributed by atoms with E-state index in [1.807, 2.05) is 49.6 Å². The molecular weight excluding hydrogens is 268 g/mol. The molecule has 1 aromatic carbocycles. The van der Waals surface area contributed by atoms with Crippen LogP contribution in [0.5, 0.6) is 0 Å². The van der Waals surface area contributed by atoms with Crippen LogP contribution in [-0.4, -0.2) is 29.1 Å². The topological polar surface area (TPSA) is 87.8 Å². The van der Waals surface area contributed by atoms with Crippen molar-refractivity contribution in [1.29, 1.82) is 0 Å². The molecule has 1 heterocycles. The predicted molar refractivity (Wildman–Crippen MR) is 80.9 cm³/mol. The SMILES string of the molecule is CC1=NN(CC(=O)NN)C(=O)C/C1=C/c1ccc(C)cc1. The molecule has 0 atom stereocenters. The predicted octanol–water partition coefficient (Wildman–Crippen LogP) is 0.977. The number of nitrogens with two attached hydrogens (primary N) is 1. The molecule has 0 saturated heterocycles. The van der Waals surface area contributed by atoms with Gasteiger partial charge in [-0.1, -0.05) is 29.8 Å². The third kappa shape index (κ3) is 3.76. The maximum absolute atomic E-state index is 12.0. The molecule has 1 aromatic rings. The Morgan fingerprint density at radius 3 is 2.67 bits per heavy atom. The Bertz CT molecular complexity index is 617. The van der Waals surface area contributed by atoms with E-state index < -0.39 is 5.91 Å². The van der Waals surface area contributed by atoms with Gasteiger partial charge in [0.15, 0.2) is 0 Å². The standard InChI is InChI=1S/C15H18N4O2/c1-10-3-5-12(6-4-10)7-13-8-15(21)19(18-11(13)2)9-14(20)17-16/h3-7H,8-9,16H2,1-2H3,(H,17,20)/b13-7-. The number of hydrogen-bond acceptors (Lipinski definition) is 4. The minimum absolute atomic E-state index is 0.162. The zero-order valence-electron chi connectivity index (χ0n) is 12.1. The smallest absolute Gasteiger partial charge is 0.255 e. The molecule has 1 aliphatic rings. The second-order valence-electron chi connectivity index (χ2n) is 4.96. The second kappa shape index (κ2) is 6.32. The van der Waals surface area contributed by atoms with Gasteiger partial charge in [0.1, 0.15) is 6.54 Å². The maximum atomic E-state index is 12.0. The molecule has 2 amide bonds. The van der Waals surface area contributed by atoms with Crippen molar-refractivity contribution in [3.63, 3.8) is 0 Å². The Hall–Kier alpha value is -2.47. The van der Waals surface area contributed by atoms with Crippen molar-refractivity contribution in [2.75, 3.05) is 6.54 Å². The molecular formula is C15H18N4O2. The lowest BCUT2D eigenvalue weighted by Crippen LogP contribution is -2.42. The number of benzene rings is 1. The number of rotatable bonds is 3. The van der Waals surface area contributed by atoms with E-state index in [0.717, 1.165) is 21.9 Å². The van der Waals surface area contributed by atoms with Gasteiger partial charge in [-0.25, -0.2) is 10.9 Å². The number of nitrogens with one attached hydrogen (secondary N) is 1. The van der Waals surface area contributed by atoms with Crippen LogP contribution >= 0.6 is 0 Å². The molecule has 0 radical (unpaired) electrons. The quantitative estimate of drug-likeness (QED) is 0.493. The molecule has 0 bridgehead atoms. The lowest BCUT2D eigenvalue weighted by molar-refractivity contribution is -0.135. The highest BCUT2D eigenvalue weighted by molar-refractivity contribution is 6.08.